The largest absolute Gasteiger partial charge is 0.317 e. The highest BCUT2D eigenvalue weighted by molar-refractivity contribution is 5.18. The number of rotatable bonds is 4. The lowest BCUT2D eigenvalue weighted by Gasteiger charge is -2.09. The third-order valence-electron chi connectivity index (χ3n) is 2.35. The Bertz CT molecular complexity index is 299. The van der Waals surface area contributed by atoms with Crippen LogP contribution in [0.1, 0.15) is 18.9 Å². The van der Waals surface area contributed by atoms with Crippen molar-refractivity contribution in [3.8, 4) is 0 Å². The topological polar surface area (TPSA) is 12.0 Å². The second-order valence-corrected chi connectivity index (χ2v) is 3.46. The van der Waals surface area contributed by atoms with Crippen molar-refractivity contribution in [1.29, 1.82) is 0 Å². The predicted octanol–water partition coefficient (Wildman–Crippen LogP) is 2.51. The highest BCUT2D eigenvalue weighted by Crippen LogP contribution is 2.12. The Morgan fingerprint density at radius 2 is 2.07 bits per heavy atom. The van der Waals surface area contributed by atoms with Crippen LogP contribution in [-0.2, 0) is 6.42 Å². The predicted molar refractivity (Wildman–Crippen MR) is 53.2 cm³/mol. The summed E-state index contributed by atoms with van der Waals surface area (Å²) < 4.78 is 25.9. The van der Waals surface area contributed by atoms with Crippen molar-refractivity contribution in [2.75, 3.05) is 7.05 Å². The van der Waals surface area contributed by atoms with Crippen molar-refractivity contribution < 1.29 is 8.78 Å². The molecule has 1 atom stereocenters. The van der Waals surface area contributed by atoms with Gasteiger partial charge in [0.25, 0.3) is 0 Å². The third-order valence-corrected chi connectivity index (χ3v) is 2.35. The van der Waals surface area contributed by atoms with Crippen LogP contribution in [0.15, 0.2) is 18.2 Å². The average molecular weight is 199 g/mol. The number of nitrogens with one attached hydrogen (secondary N) is 1. The van der Waals surface area contributed by atoms with Gasteiger partial charge in [-0.2, -0.15) is 0 Å². The van der Waals surface area contributed by atoms with Crippen LogP contribution < -0.4 is 5.32 Å². The second-order valence-electron chi connectivity index (χ2n) is 3.46. The minimum atomic E-state index is -0.376. The molecule has 1 nitrogen and oxygen atoms in total. The van der Waals surface area contributed by atoms with Crippen LogP contribution in [0.4, 0.5) is 8.78 Å². The summed E-state index contributed by atoms with van der Waals surface area (Å²) in [5.74, 6) is -0.701. The summed E-state index contributed by atoms with van der Waals surface area (Å²) in [5, 5.41) is 3.05. The number of benzene rings is 1. The fourth-order valence-electron chi connectivity index (χ4n) is 1.25. The van der Waals surface area contributed by atoms with Gasteiger partial charge in [0.1, 0.15) is 11.6 Å². The van der Waals surface area contributed by atoms with Gasteiger partial charge in [-0.3, -0.25) is 0 Å². The zero-order valence-corrected chi connectivity index (χ0v) is 8.48. The zero-order chi connectivity index (χ0) is 10.6. The minimum Gasteiger partial charge on any atom is -0.317 e. The standard InChI is InChI=1S/C11H15F2N/c1-8(14-2)3-4-9-7-10(12)5-6-11(9)13/h5-8,14H,3-4H2,1-2H3. The molecule has 78 valence electrons. The van der Waals surface area contributed by atoms with Crippen molar-refractivity contribution in [2.45, 2.75) is 25.8 Å². The van der Waals surface area contributed by atoms with E-state index in [-0.39, 0.29) is 11.6 Å². The van der Waals surface area contributed by atoms with E-state index >= 15 is 0 Å². The average Bonchev–Trinajstić information content (AvgIpc) is 2.19. The molecule has 0 bridgehead atoms. The molecule has 1 unspecified atom stereocenters. The van der Waals surface area contributed by atoms with Crippen molar-refractivity contribution in [3.05, 3.63) is 35.4 Å². The molecule has 0 aromatic heterocycles. The van der Waals surface area contributed by atoms with Crippen LogP contribution in [0, 0.1) is 11.6 Å². The molecule has 0 aliphatic carbocycles. The Labute approximate surface area is 83.1 Å². The van der Waals surface area contributed by atoms with E-state index in [0.717, 1.165) is 12.5 Å². The first kappa shape index (κ1) is 11.1. The van der Waals surface area contributed by atoms with Crippen LogP contribution in [-0.4, -0.2) is 13.1 Å². The molecule has 0 heterocycles. The van der Waals surface area contributed by atoms with Crippen molar-refractivity contribution in [2.24, 2.45) is 0 Å². The van der Waals surface area contributed by atoms with E-state index in [9.17, 15) is 8.78 Å². The molecule has 0 radical (unpaired) electrons. The number of hydrogen-bond acceptors (Lipinski definition) is 1. The van der Waals surface area contributed by atoms with E-state index in [1.165, 1.54) is 12.1 Å². The maximum atomic E-state index is 13.1. The fourth-order valence-corrected chi connectivity index (χ4v) is 1.25. The lowest BCUT2D eigenvalue weighted by molar-refractivity contribution is 0.540. The molecule has 1 aromatic carbocycles. The molecule has 0 aliphatic rings. The molecule has 0 spiro atoms. The van der Waals surface area contributed by atoms with Gasteiger partial charge in [-0.25, -0.2) is 8.78 Å². The zero-order valence-electron chi connectivity index (χ0n) is 8.48. The van der Waals surface area contributed by atoms with Gasteiger partial charge < -0.3 is 5.32 Å². The van der Waals surface area contributed by atoms with Crippen LogP contribution in [0.2, 0.25) is 0 Å². The van der Waals surface area contributed by atoms with Crippen LogP contribution >= 0.6 is 0 Å². The normalized spacial score (nSPS) is 12.9. The Kier molecular flexibility index (Phi) is 4.01. The summed E-state index contributed by atoms with van der Waals surface area (Å²) in [6, 6.07) is 3.89. The number of aryl methyl sites for hydroxylation is 1. The van der Waals surface area contributed by atoms with Gasteiger partial charge in [0.15, 0.2) is 0 Å². The summed E-state index contributed by atoms with van der Waals surface area (Å²) in [4.78, 5) is 0. The lowest BCUT2D eigenvalue weighted by atomic mass is 10.1. The Balaban J connectivity index is 2.62. The fraction of sp³-hybridized carbons (Fsp3) is 0.455. The van der Waals surface area contributed by atoms with Crippen molar-refractivity contribution in [1.82, 2.24) is 5.32 Å². The lowest BCUT2D eigenvalue weighted by Crippen LogP contribution is -2.21. The van der Waals surface area contributed by atoms with Crippen LogP contribution in [0.5, 0.6) is 0 Å². The molecule has 0 saturated carbocycles. The quantitative estimate of drug-likeness (QED) is 0.785. The van der Waals surface area contributed by atoms with Gasteiger partial charge >= 0.3 is 0 Å². The molecule has 0 saturated heterocycles. The summed E-state index contributed by atoms with van der Waals surface area (Å²) in [5.41, 5.74) is 0.451. The number of halogens is 2. The first-order valence-corrected chi connectivity index (χ1v) is 4.74. The van der Waals surface area contributed by atoms with Gasteiger partial charge in [-0.05, 0) is 50.6 Å². The summed E-state index contributed by atoms with van der Waals surface area (Å²) in [7, 11) is 1.85. The molecule has 14 heavy (non-hydrogen) atoms. The summed E-state index contributed by atoms with van der Waals surface area (Å²) in [6.07, 6.45) is 1.36. The van der Waals surface area contributed by atoms with Crippen molar-refractivity contribution >= 4 is 0 Å². The first-order chi connectivity index (χ1) is 6.63. The molecular formula is C11H15F2N. The summed E-state index contributed by atoms with van der Waals surface area (Å²) in [6.45, 7) is 2.01. The van der Waals surface area contributed by atoms with Crippen LogP contribution in [0.3, 0.4) is 0 Å². The molecule has 1 rings (SSSR count). The van der Waals surface area contributed by atoms with Gasteiger partial charge in [0.05, 0.1) is 0 Å². The smallest absolute Gasteiger partial charge is 0.126 e. The molecule has 3 heteroatoms. The Morgan fingerprint density at radius 3 is 2.71 bits per heavy atom. The molecule has 1 N–H and O–H groups in total. The van der Waals surface area contributed by atoms with E-state index in [0.29, 0.717) is 18.0 Å². The van der Waals surface area contributed by atoms with Crippen LogP contribution in [0.25, 0.3) is 0 Å². The molecular weight excluding hydrogens is 184 g/mol. The Morgan fingerprint density at radius 1 is 1.36 bits per heavy atom. The van der Waals surface area contributed by atoms with E-state index in [1.807, 2.05) is 14.0 Å². The van der Waals surface area contributed by atoms with E-state index < -0.39 is 0 Å². The van der Waals surface area contributed by atoms with Crippen molar-refractivity contribution in [3.63, 3.8) is 0 Å². The van der Waals surface area contributed by atoms with Gasteiger partial charge in [0, 0.05) is 6.04 Å². The van der Waals surface area contributed by atoms with Gasteiger partial charge in [-0.1, -0.05) is 0 Å². The minimum absolute atomic E-state index is 0.317. The molecule has 0 amide bonds. The monoisotopic (exact) mass is 199 g/mol. The van der Waals surface area contributed by atoms with E-state index in [2.05, 4.69) is 5.32 Å². The Hall–Kier alpha value is -0.960. The van der Waals surface area contributed by atoms with Gasteiger partial charge in [-0.15, -0.1) is 0 Å². The molecule has 1 aromatic rings. The SMILES string of the molecule is CNC(C)CCc1cc(F)ccc1F. The first-order valence-electron chi connectivity index (χ1n) is 4.74. The summed E-state index contributed by atoms with van der Waals surface area (Å²) >= 11 is 0. The maximum absolute atomic E-state index is 13.1. The van der Waals surface area contributed by atoms with E-state index in [1.54, 1.807) is 0 Å². The highest BCUT2D eigenvalue weighted by Gasteiger charge is 2.05. The highest BCUT2D eigenvalue weighted by atomic mass is 19.1. The molecule has 0 aliphatic heterocycles. The number of hydrogen-bond donors (Lipinski definition) is 1. The maximum Gasteiger partial charge on any atom is 0.126 e. The second kappa shape index (κ2) is 5.05. The molecule has 0 fully saturated rings. The third kappa shape index (κ3) is 3.07. The van der Waals surface area contributed by atoms with Gasteiger partial charge in [0.2, 0.25) is 0 Å². The van der Waals surface area contributed by atoms with E-state index in [4.69, 9.17) is 0 Å².